The van der Waals surface area contributed by atoms with Gasteiger partial charge in [0.1, 0.15) is 16.7 Å². The molecule has 0 radical (unpaired) electrons. The van der Waals surface area contributed by atoms with Crippen LogP contribution >= 0.6 is 11.6 Å². The fourth-order valence-electron chi connectivity index (χ4n) is 1.02. The minimum Gasteiger partial charge on any atom is -0.465 e. The number of carbonyl (C=O) groups excluding carboxylic acids is 2. The van der Waals surface area contributed by atoms with Crippen LogP contribution in [0.15, 0.2) is 24.3 Å². The molecule has 0 saturated carbocycles. The Labute approximate surface area is 98.1 Å². The Morgan fingerprint density at radius 1 is 1.31 bits per heavy atom. The maximum Gasteiger partial charge on any atom is 0.341 e. The van der Waals surface area contributed by atoms with Gasteiger partial charge < -0.3 is 9.47 Å². The summed E-state index contributed by atoms with van der Waals surface area (Å²) in [5.74, 6) is -1.03. The average molecular weight is 243 g/mol. The van der Waals surface area contributed by atoms with Crippen molar-refractivity contribution in [2.24, 2.45) is 0 Å². The second kappa shape index (κ2) is 5.51. The van der Waals surface area contributed by atoms with Crippen LogP contribution in [0, 0.1) is 0 Å². The quantitative estimate of drug-likeness (QED) is 0.462. The molecule has 1 unspecified atom stereocenters. The summed E-state index contributed by atoms with van der Waals surface area (Å²) in [6, 6.07) is 6.30. The van der Waals surface area contributed by atoms with E-state index in [0.29, 0.717) is 0 Å². The highest BCUT2D eigenvalue weighted by molar-refractivity contribution is 6.29. The number of benzene rings is 1. The molecule has 1 aromatic carbocycles. The highest BCUT2D eigenvalue weighted by Crippen LogP contribution is 2.19. The maximum absolute atomic E-state index is 11.3. The number of hydrogen-bond acceptors (Lipinski definition) is 4. The minimum atomic E-state index is -0.772. The van der Waals surface area contributed by atoms with Crippen LogP contribution in [0.1, 0.15) is 17.3 Å². The van der Waals surface area contributed by atoms with Crippen molar-refractivity contribution in [2.45, 2.75) is 12.3 Å². The van der Waals surface area contributed by atoms with Crippen LogP contribution in [0.5, 0.6) is 5.75 Å². The molecular weight excluding hydrogens is 232 g/mol. The van der Waals surface area contributed by atoms with E-state index in [2.05, 4.69) is 4.74 Å². The van der Waals surface area contributed by atoms with E-state index in [1.54, 1.807) is 12.1 Å². The molecular formula is C11H11ClO4. The van der Waals surface area contributed by atoms with Gasteiger partial charge >= 0.3 is 11.9 Å². The van der Waals surface area contributed by atoms with Crippen LogP contribution in [-0.2, 0) is 9.53 Å². The summed E-state index contributed by atoms with van der Waals surface area (Å²) in [5.41, 5.74) is 0.190. The fourth-order valence-corrected chi connectivity index (χ4v) is 1.07. The molecule has 0 N–H and O–H groups in total. The van der Waals surface area contributed by atoms with Crippen molar-refractivity contribution >= 4 is 23.5 Å². The maximum atomic E-state index is 11.3. The van der Waals surface area contributed by atoms with Gasteiger partial charge in [-0.15, -0.1) is 11.6 Å². The summed E-state index contributed by atoms with van der Waals surface area (Å²) in [7, 11) is 1.26. The predicted molar refractivity (Wildman–Crippen MR) is 58.7 cm³/mol. The van der Waals surface area contributed by atoms with E-state index >= 15 is 0 Å². The van der Waals surface area contributed by atoms with Gasteiger partial charge in [0.15, 0.2) is 0 Å². The third-order valence-corrected chi connectivity index (χ3v) is 2.01. The van der Waals surface area contributed by atoms with E-state index in [-0.39, 0.29) is 11.3 Å². The van der Waals surface area contributed by atoms with Gasteiger partial charge in [-0.05, 0) is 19.1 Å². The van der Waals surface area contributed by atoms with Gasteiger partial charge in [-0.2, -0.15) is 0 Å². The summed E-state index contributed by atoms with van der Waals surface area (Å²) < 4.78 is 9.51. The molecule has 0 saturated heterocycles. The fraction of sp³-hybridized carbons (Fsp3) is 0.273. The van der Waals surface area contributed by atoms with Crippen LogP contribution < -0.4 is 4.74 Å². The first-order chi connectivity index (χ1) is 7.56. The highest BCUT2D eigenvalue weighted by Gasteiger charge is 2.17. The largest absolute Gasteiger partial charge is 0.465 e. The summed E-state index contributed by atoms with van der Waals surface area (Å²) in [5, 5.41) is -0.772. The number of esters is 2. The molecule has 0 aliphatic heterocycles. The lowest BCUT2D eigenvalue weighted by molar-refractivity contribution is -0.133. The first-order valence-corrected chi connectivity index (χ1v) is 5.03. The minimum absolute atomic E-state index is 0.145. The van der Waals surface area contributed by atoms with E-state index in [0.717, 1.165) is 0 Å². The second-order valence-electron chi connectivity index (χ2n) is 3.02. The molecule has 0 aliphatic rings. The molecule has 5 heteroatoms. The second-order valence-corrected chi connectivity index (χ2v) is 3.68. The number of hydrogen-bond donors (Lipinski definition) is 0. The van der Waals surface area contributed by atoms with Crippen molar-refractivity contribution in [3.05, 3.63) is 29.8 Å². The van der Waals surface area contributed by atoms with Gasteiger partial charge in [-0.3, -0.25) is 4.79 Å². The molecule has 0 fully saturated rings. The van der Waals surface area contributed by atoms with Crippen molar-refractivity contribution in [1.82, 2.24) is 0 Å². The van der Waals surface area contributed by atoms with Crippen LogP contribution in [0.2, 0.25) is 0 Å². The van der Waals surface area contributed by atoms with E-state index in [1.807, 2.05) is 0 Å². The summed E-state index contributed by atoms with van der Waals surface area (Å²) in [6.07, 6.45) is 0. The molecule has 16 heavy (non-hydrogen) atoms. The first-order valence-electron chi connectivity index (χ1n) is 4.59. The number of ether oxygens (including phenoxy) is 2. The number of methoxy groups -OCH3 is 1. The van der Waals surface area contributed by atoms with E-state index < -0.39 is 17.3 Å². The monoisotopic (exact) mass is 242 g/mol. The van der Waals surface area contributed by atoms with Crippen molar-refractivity contribution < 1.29 is 19.1 Å². The molecule has 4 nitrogen and oxygen atoms in total. The Bertz CT molecular complexity index is 401. The average Bonchev–Trinajstić information content (AvgIpc) is 2.28. The lowest BCUT2D eigenvalue weighted by atomic mass is 10.2. The third-order valence-electron chi connectivity index (χ3n) is 1.83. The Balaban J connectivity index is 2.95. The van der Waals surface area contributed by atoms with Crippen molar-refractivity contribution in [3.8, 4) is 5.75 Å². The van der Waals surface area contributed by atoms with Gasteiger partial charge in [-0.25, -0.2) is 4.79 Å². The number of rotatable bonds is 3. The smallest absolute Gasteiger partial charge is 0.341 e. The summed E-state index contributed by atoms with van der Waals surface area (Å²) >= 11 is 5.55. The molecule has 1 aromatic rings. The molecule has 86 valence electrons. The van der Waals surface area contributed by atoms with Crippen LogP contribution in [0.25, 0.3) is 0 Å². The van der Waals surface area contributed by atoms with Gasteiger partial charge in [0, 0.05) is 0 Å². The number of alkyl halides is 1. The number of carbonyl (C=O) groups is 2. The number of halogens is 1. The Morgan fingerprint density at radius 2 is 1.94 bits per heavy atom. The molecule has 1 rings (SSSR count). The highest BCUT2D eigenvalue weighted by atomic mass is 35.5. The predicted octanol–water partition coefficient (Wildman–Crippen LogP) is 2.01. The van der Waals surface area contributed by atoms with Crippen molar-refractivity contribution in [3.63, 3.8) is 0 Å². The van der Waals surface area contributed by atoms with E-state index in [9.17, 15) is 9.59 Å². The summed E-state index contributed by atoms with van der Waals surface area (Å²) in [4.78, 5) is 22.6. The number of para-hydroxylation sites is 1. The van der Waals surface area contributed by atoms with Crippen molar-refractivity contribution in [1.29, 1.82) is 0 Å². The topological polar surface area (TPSA) is 52.6 Å². The molecule has 0 aliphatic carbocycles. The van der Waals surface area contributed by atoms with Crippen molar-refractivity contribution in [2.75, 3.05) is 7.11 Å². The van der Waals surface area contributed by atoms with E-state index in [1.165, 1.54) is 26.2 Å². The zero-order chi connectivity index (χ0) is 12.1. The summed E-state index contributed by atoms with van der Waals surface area (Å²) in [6.45, 7) is 1.49. The molecule has 1 atom stereocenters. The Hall–Kier alpha value is -1.55. The molecule has 0 spiro atoms. The lowest BCUT2D eigenvalue weighted by Gasteiger charge is -2.08. The first kappa shape index (κ1) is 12.5. The van der Waals surface area contributed by atoms with Gasteiger partial charge in [0.05, 0.1) is 7.11 Å². The molecule has 0 heterocycles. The van der Waals surface area contributed by atoms with Crippen LogP contribution in [0.3, 0.4) is 0 Å². The van der Waals surface area contributed by atoms with Crippen LogP contribution in [-0.4, -0.2) is 24.4 Å². The lowest BCUT2D eigenvalue weighted by Crippen LogP contribution is -2.19. The van der Waals surface area contributed by atoms with Gasteiger partial charge in [0.2, 0.25) is 0 Å². The SMILES string of the molecule is COC(=O)c1ccccc1OC(=O)C(C)Cl. The Morgan fingerprint density at radius 3 is 2.50 bits per heavy atom. The standard InChI is InChI=1S/C11H11ClO4/c1-7(12)10(13)16-9-6-4-3-5-8(9)11(14)15-2/h3-7H,1-2H3. The normalized spacial score (nSPS) is 11.7. The van der Waals surface area contributed by atoms with Gasteiger partial charge in [0.25, 0.3) is 0 Å². The molecule has 0 aromatic heterocycles. The molecule has 0 amide bonds. The molecule has 0 bridgehead atoms. The zero-order valence-electron chi connectivity index (χ0n) is 8.90. The van der Waals surface area contributed by atoms with Crippen LogP contribution in [0.4, 0.5) is 0 Å². The van der Waals surface area contributed by atoms with Gasteiger partial charge in [-0.1, -0.05) is 12.1 Å². The third kappa shape index (κ3) is 2.97. The Kier molecular flexibility index (Phi) is 4.31. The van der Waals surface area contributed by atoms with E-state index in [4.69, 9.17) is 16.3 Å². The zero-order valence-corrected chi connectivity index (χ0v) is 9.65.